The van der Waals surface area contributed by atoms with Crippen molar-refractivity contribution in [3.63, 3.8) is 0 Å². The minimum absolute atomic E-state index is 0. The highest BCUT2D eigenvalue weighted by atomic mass is 35.5. The van der Waals surface area contributed by atoms with E-state index in [0.29, 0.717) is 69.1 Å². The summed E-state index contributed by atoms with van der Waals surface area (Å²) >= 11 is 9.03. The number of aliphatic carboxylic acids is 1. The molecule has 0 spiro atoms. The molecule has 12 nitrogen and oxygen atoms in total. The van der Waals surface area contributed by atoms with Gasteiger partial charge in [-0.3, -0.25) is 9.59 Å². The zero-order valence-corrected chi connectivity index (χ0v) is 34.0. The average molecular weight is 846 g/mol. The predicted octanol–water partition coefficient (Wildman–Crippen LogP) is 7.06. The van der Waals surface area contributed by atoms with E-state index in [0.717, 1.165) is 55.0 Å². The van der Waals surface area contributed by atoms with E-state index >= 15 is 0 Å². The first kappa shape index (κ1) is 45.3. The SMILES string of the molecule is Cl.Cl.N#Cc1c(SCc2csc(-c3ccc(Cl)cc3)n2)nc(N2CCCC2)c(C#N)c1-c1ccc(OCCN[C@@H](CCCCN)C(=O)NCCC(=O)O)cc1. The molecule has 5 rings (SSSR count). The van der Waals surface area contributed by atoms with E-state index in [-0.39, 0.29) is 50.3 Å². The number of carboxylic acids is 1. The van der Waals surface area contributed by atoms with Crippen LogP contribution in [0, 0.1) is 22.7 Å². The quantitative estimate of drug-likeness (QED) is 0.0556. The van der Waals surface area contributed by atoms with Gasteiger partial charge in [-0.05, 0) is 62.1 Å². The first-order valence-electron chi connectivity index (χ1n) is 17.4. The second-order valence-corrected chi connectivity index (χ2v) is 14.6. The number of benzene rings is 2. The van der Waals surface area contributed by atoms with E-state index in [1.54, 1.807) is 23.5 Å². The zero-order chi connectivity index (χ0) is 37.6. The molecule has 17 heteroatoms. The highest BCUT2D eigenvalue weighted by Crippen LogP contribution is 2.40. The van der Waals surface area contributed by atoms with Gasteiger partial charge >= 0.3 is 5.97 Å². The molecule has 0 bridgehead atoms. The van der Waals surface area contributed by atoms with Crippen molar-refractivity contribution in [3.05, 3.63) is 75.8 Å². The van der Waals surface area contributed by atoms with Crippen molar-refractivity contribution in [2.45, 2.75) is 55.3 Å². The number of anilines is 1. The van der Waals surface area contributed by atoms with Crippen molar-refractivity contribution in [2.75, 3.05) is 44.2 Å². The fourth-order valence-corrected chi connectivity index (χ4v) is 7.84. The number of nitrogens with zero attached hydrogens (tertiary/aromatic N) is 5. The average Bonchev–Trinajstić information content (AvgIpc) is 3.88. The first-order valence-corrected chi connectivity index (χ1v) is 19.7. The van der Waals surface area contributed by atoms with Crippen LogP contribution in [-0.4, -0.2) is 72.3 Å². The van der Waals surface area contributed by atoms with Gasteiger partial charge in [0, 0.05) is 53.5 Å². The van der Waals surface area contributed by atoms with Crippen LogP contribution in [0.1, 0.15) is 55.3 Å². The molecule has 2 aromatic heterocycles. The minimum Gasteiger partial charge on any atom is -0.492 e. The molecular weight excluding hydrogens is 803 g/mol. The fourth-order valence-electron chi connectivity index (χ4n) is 5.91. The number of nitrogens with one attached hydrogen (secondary N) is 2. The summed E-state index contributed by atoms with van der Waals surface area (Å²) < 4.78 is 5.98. The van der Waals surface area contributed by atoms with E-state index in [2.05, 4.69) is 27.7 Å². The smallest absolute Gasteiger partial charge is 0.305 e. The van der Waals surface area contributed by atoms with Gasteiger partial charge in [0.05, 0.1) is 23.7 Å². The molecule has 4 aromatic rings. The maximum absolute atomic E-state index is 12.7. The number of ether oxygens (including phenoxy) is 1. The molecule has 1 aliphatic rings. The predicted molar refractivity (Wildman–Crippen MR) is 223 cm³/mol. The van der Waals surface area contributed by atoms with Crippen LogP contribution in [0.25, 0.3) is 21.7 Å². The fraction of sp³-hybridized carbons (Fsp3) is 0.368. The number of thioether (sulfide) groups is 1. The highest BCUT2D eigenvalue weighted by Gasteiger charge is 2.26. The monoisotopic (exact) mass is 844 g/mol. The Kier molecular flexibility index (Phi) is 19.0. The number of hydrogen-bond donors (Lipinski definition) is 4. The highest BCUT2D eigenvalue weighted by molar-refractivity contribution is 7.98. The first-order chi connectivity index (χ1) is 25.8. The van der Waals surface area contributed by atoms with Crippen molar-refractivity contribution < 1.29 is 19.4 Å². The summed E-state index contributed by atoms with van der Waals surface area (Å²) in [5.41, 5.74) is 9.40. The van der Waals surface area contributed by atoms with Gasteiger partial charge in [0.1, 0.15) is 45.9 Å². The topological polar surface area (TPSA) is 190 Å². The number of carbonyl (C=O) groups excluding carboxylic acids is 1. The molecule has 1 atom stereocenters. The van der Waals surface area contributed by atoms with Crippen molar-refractivity contribution in [1.82, 2.24) is 20.6 Å². The Morgan fingerprint density at radius 2 is 1.69 bits per heavy atom. The van der Waals surface area contributed by atoms with Crippen LogP contribution in [-0.2, 0) is 15.3 Å². The summed E-state index contributed by atoms with van der Waals surface area (Å²) in [6, 6.07) is 19.0. The Balaban J connectivity index is 0.00000406. The number of carbonyl (C=O) groups is 2. The van der Waals surface area contributed by atoms with Crippen molar-refractivity contribution in [2.24, 2.45) is 5.73 Å². The normalized spacial score (nSPS) is 12.5. The lowest BCUT2D eigenvalue weighted by Crippen LogP contribution is -2.46. The summed E-state index contributed by atoms with van der Waals surface area (Å²) in [5, 5.41) is 39.8. The summed E-state index contributed by atoms with van der Waals surface area (Å²) in [6.07, 6.45) is 3.95. The number of nitrogens with two attached hydrogens (primary N) is 1. The number of aromatic nitrogens is 2. The largest absolute Gasteiger partial charge is 0.492 e. The number of halogens is 3. The van der Waals surface area contributed by atoms with Gasteiger partial charge in [0.15, 0.2) is 0 Å². The Labute approximate surface area is 346 Å². The van der Waals surface area contributed by atoms with Gasteiger partial charge in [-0.1, -0.05) is 54.0 Å². The number of unbranched alkanes of at least 4 members (excludes halogenated alkanes) is 1. The number of pyridine rings is 1. The number of nitriles is 2. The summed E-state index contributed by atoms with van der Waals surface area (Å²) in [6.45, 7) is 2.80. The van der Waals surface area contributed by atoms with E-state index < -0.39 is 12.0 Å². The van der Waals surface area contributed by atoms with Crippen molar-refractivity contribution in [1.29, 1.82) is 10.5 Å². The van der Waals surface area contributed by atoms with Crippen LogP contribution in [0.2, 0.25) is 5.02 Å². The van der Waals surface area contributed by atoms with Crippen LogP contribution >= 0.6 is 59.5 Å². The number of hydrogen-bond acceptors (Lipinski definition) is 12. The molecule has 0 aliphatic carbocycles. The molecule has 1 fully saturated rings. The third kappa shape index (κ3) is 12.7. The van der Waals surface area contributed by atoms with E-state index in [1.165, 1.54) is 11.8 Å². The number of carboxylic acid groups (broad SMARTS) is 1. The van der Waals surface area contributed by atoms with E-state index in [1.807, 2.05) is 41.8 Å². The van der Waals surface area contributed by atoms with Crippen LogP contribution in [0.3, 0.4) is 0 Å². The Morgan fingerprint density at radius 3 is 2.35 bits per heavy atom. The Hall–Kier alpha value is -4.12. The summed E-state index contributed by atoms with van der Waals surface area (Å²) in [5.74, 6) is 0.431. The molecule has 3 heterocycles. The van der Waals surface area contributed by atoms with Gasteiger partial charge < -0.3 is 31.1 Å². The van der Waals surface area contributed by atoms with Crippen molar-refractivity contribution in [3.8, 4) is 39.6 Å². The van der Waals surface area contributed by atoms with Gasteiger partial charge in [-0.2, -0.15) is 10.5 Å². The number of amides is 1. The van der Waals surface area contributed by atoms with Crippen LogP contribution < -0.4 is 26.0 Å². The molecule has 1 aliphatic heterocycles. The lowest BCUT2D eigenvalue weighted by atomic mass is 9.96. The van der Waals surface area contributed by atoms with Crippen LogP contribution in [0.5, 0.6) is 5.75 Å². The molecule has 1 saturated heterocycles. The molecule has 0 radical (unpaired) electrons. The standard InChI is InChI=1S/C38H41ClN8O4S2.2ClH/c39-27-10-6-26(7-11-27)37-45-28(23-52-37)24-53-38-31(22-42)34(30(21-41)35(46-38)47-18-3-4-19-47)25-8-12-29(13-9-25)51-20-17-43-32(5-1-2-15-40)36(50)44-16-14-33(48)49;;/h6-13,23,32,43H,1-5,14-20,24,40H2,(H,44,50)(H,48,49);2*1H/t32-;;/m0../s1. The zero-order valence-electron chi connectivity index (χ0n) is 30.0. The van der Waals surface area contributed by atoms with Gasteiger partial charge in [-0.25, -0.2) is 9.97 Å². The molecule has 292 valence electrons. The van der Waals surface area contributed by atoms with Gasteiger partial charge in [0.2, 0.25) is 5.91 Å². The van der Waals surface area contributed by atoms with Gasteiger partial charge in [-0.15, -0.1) is 36.2 Å². The number of rotatable bonds is 19. The third-order valence-electron chi connectivity index (χ3n) is 8.58. The summed E-state index contributed by atoms with van der Waals surface area (Å²) in [4.78, 5) is 35.4. The molecule has 5 N–H and O–H groups in total. The second-order valence-electron chi connectivity index (χ2n) is 12.3. The minimum atomic E-state index is -0.975. The maximum atomic E-state index is 12.7. The lowest BCUT2D eigenvalue weighted by molar-refractivity contribution is -0.137. The second kappa shape index (κ2) is 23.1. The Morgan fingerprint density at radius 1 is 1.00 bits per heavy atom. The van der Waals surface area contributed by atoms with E-state index in [4.69, 9.17) is 37.1 Å². The molecule has 2 aromatic carbocycles. The lowest BCUT2D eigenvalue weighted by Gasteiger charge is -2.22. The molecule has 0 saturated carbocycles. The number of thiazole rings is 1. The maximum Gasteiger partial charge on any atom is 0.305 e. The molecule has 55 heavy (non-hydrogen) atoms. The summed E-state index contributed by atoms with van der Waals surface area (Å²) in [7, 11) is 0. The van der Waals surface area contributed by atoms with Crippen molar-refractivity contribution >= 4 is 77.2 Å². The van der Waals surface area contributed by atoms with Crippen LogP contribution in [0.15, 0.2) is 58.9 Å². The molecule has 1 amide bonds. The van der Waals surface area contributed by atoms with Crippen LogP contribution in [0.4, 0.5) is 5.82 Å². The third-order valence-corrected chi connectivity index (χ3v) is 10.8. The van der Waals surface area contributed by atoms with Gasteiger partial charge in [0.25, 0.3) is 0 Å². The molecular formula is C38H43Cl3N8O4S2. The van der Waals surface area contributed by atoms with E-state index in [9.17, 15) is 20.1 Å². The molecule has 0 unspecified atom stereocenters. The Bertz CT molecular complexity index is 1950.